The molecule has 0 spiro atoms. The lowest BCUT2D eigenvalue weighted by Crippen LogP contribution is -2.16. The zero-order valence-electron chi connectivity index (χ0n) is 10.2. The van der Waals surface area contributed by atoms with E-state index >= 15 is 0 Å². The Balaban J connectivity index is 1.99. The average molecular weight is 219 g/mol. The Morgan fingerprint density at radius 3 is 2.50 bits per heavy atom. The highest BCUT2D eigenvalue weighted by molar-refractivity contribution is 5.29. The van der Waals surface area contributed by atoms with Crippen LogP contribution in [0.5, 0.6) is 5.75 Å². The molecule has 1 aliphatic carbocycles. The number of hydrogen-bond acceptors (Lipinski definition) is 2. The van der Waals surface area contributed by atoms with E-state index in [0.29, 0.717) is 6.04 Å². The Kier molecular flexibility index (Phi) is 3.83. The molecule has 0 aliphatic heterocycles. The summed E-state index contributed by atoms with van der Waals surface area (Å²) in [7, 11) is 2.05. The highest BCUT2D eigenvalue weighted by Crippen LogP contribution is 2.37. The van der Waals surface area contributed by atoms with Crippen LogP contribution < -0.4 is 10.1 Å². The summed E-state index contributed by atoms with van der Waals surface area (Å²) in [6.45, 7) is 2.74. The molecule has 1 saturated carbocycles. The largest absolute Gasteiger partial charge is 0.494 e. The minimum Gasteiger partial charge on any atom is -0.494 e. The number of hydrogen-bond donors (Lipinski definition) is 1. The first-order valence-electron chi connectivity index (χ1n) is 6.23. The van der Waals surface area contributed by atoms with Gasteiger partial charge in [0.25, 0.3) is 0 Å². The second-order valence-corrected chi connectivity index (χ2v) is 4.52. The molecule has 88 valence electrons. The van der Waals surface area contributed by atoms with Crippen molar-refractivity contribution in [3.05, 3.63) is 29.8 Å². The predicted octanol–water partition coefficient (Wildman–Crippen LogP) is 3.15. The molecule has 1 aliphatic rings. The molecule has 0 bridgehead atoms. The Hall–Kier alpha value is -1.02. The van der Waals surface area contributed by atoms with E-state index in [1.807, 2.05) is 14.0 Å². The molecule has 0 saturated heterocycles. The van der Waals surface area contributed by atoms with E-state index in [1.165, 1.54) is 24.8 Å². The van der Waals surface area contributed by atoms with Gasteiger partial charge < -0.3 is 10.1 Å². The third-order valence-corrected chi connectivity index (χ3v) is 3.21. The van der Waals surface area contributed by atoms with Gasteiger partial charge in [0.05, 0.1) is 6.61 Å². The molecule has 0 radical (unpaired) electrons. The van der Waals surface area contributed by atoms with Crippen molar-refractivity contribution in [1.29, 1.82) is 0 Å². The molecule has 2 rings (SSSR count). The summed E-state index contributed by atoms with van der Waals surface area (Å²) in [5.41, 5.74) is 1.37. The van der Waals surface area contributed by atoms with Gasteiger partial charge in [0.1, 0.15) is 5.75 Å². The fourth-order valence-electron chi connectivity index (χ4n) is 2.07. The van der Waals surface area contributed by atoms with Crippen molar-refractivity contribution >= 4 is 0 Å². The van der Waals surface area contributed by atoms with E-state index in [0.717, 1.165) is 18.3 Å². The summed E-state index contributed by atoms with van der Waals surface area (Å²) in [6.07, 6.45) is 4.09. The van der Waals surface area contributed by atoms with E-state index in [4.69, 9.17) is 4.74 Å². The maximum atomic E-state index is 5.45. The van der Waals surface area contributed by atoms with Crippen molar-refractivity contribution in [1.82, 2.24) is 5.32 Å². The van der Waals surface area contributed by atoms with Crippen LogP contribution in [0.15, 0.2) is 24.3 Å². The normalized spacial score (nSPS) is 17.1. The SMILES string of the molecule is CCOc1ccc(C(CC2CC2)NC)cc1. The smallest absolute Gasteiger partial charge is 0.119 e. The fraction of sp³-hybridized carbons (Fsp3) is 0.571. The first-order valence-corrected chi connectivity index (χ1v) is 6.23. The Bertz CT molecular complexity index is 316. The molecule has 1 fully saturated rings. The molecule has 0 amide bonds. The quantitative estimate of drug-likeness (QED) is 0.793. The molecule has 2 heteroatoms. The molecule has 1 unspecified atom stereocenters. The first kappa shape index (κ1) is 11.5. The zero-order chi connectivity index (χ0) is 11.4. The molecular weight excluding hydrogens is 198 g/mol. The van der Waals surface area contributed by atoms with Crippen molar-refractivity contribution in [2.24, 2.45) is 5.92 Å². The van der Waals surface area contributed by atoms with Crippen molar-refractivity contribution in [2.75, 3.05) is 13.7 Å². The molecule has 1 aromatic rings. The average Bonchev–Trinajstić information content (AvgIpc) is 3.11. The minimum atomic E-state index is 0.503. The van der Waals surface area contributed by atoms with Gasteiger partial charge in [-0.1, -0.05) is 25.0 Å². The third kappa shape index (κ3) is 2.99. The van der Waals surface area contributed by atoms with Gasteiger partial charge in [0.15, 0.2) is 0 Å². The molecule has 1 aromatic carbocycles. The summed E-state index contributed by atoms with van der Waals surface area (Å²) in [6, 6.07) is 8.98. The molecule has 0 heterocycles. The summed E-state index contributed by atoms with van der Waals surface area (Å²) >= 11 is 0. The maximum absolute atomic E-state index is 5.45. The Morgan fingerprint density at radius 2 is 2.00 bits per heavy atom. The van der Waals surface area contributed by atoms with Crippen LogP contribution in [0.25, 0.3) is 0 Å². The van der Waals surface area contributed by atoms with Crippen molar-refractivity contribution in [3.8, 4) is 5.75 Å². The number of ether oxygens (including phenoxy) is 1. The number of benzene rings is 1. The molecular formula is C14H21NO. The van der Waals surface area contributed by atoms with Crippen molar-refractivity contribution in [3.63, 3.8) is 0 Å². The van der Waals surface area contributed by atoms with E-state index in [1.54, 1.807) is 0 Å². The number of rotatable bonds is 6. The van der Waals surface area contributed by atoms with E-state index in [-0.39, 0.29) is 0 Å². The van der Waals surface area contributed by atoms with E-state index in [9.17, 15) is 0 Å². The predicted molar refractivity (Wildman–Crippen MR) is 66.8 cm³/mol. The van der Waals surface area contributed by atoms with Gasteiger partial charge in [-0.15, -0.1) is 0 Å². The zero-order valence-corrected chi connectivity index (χ0v) is 10.2. The lowest BCUT2D eigenvalue weighted by molar-refractivity contribution is 0.340. The van der Waals surface area contributed by atoms with Crippen LogP contribution in [0.4, 0.5) is 0 Å². The van der Waals surface area contributed by atoms with Crippen molar-refractivity contribution in [2.45, 2.75) is 32.2 Å². The molecule has 2 nitrogen and oxygen atoms in total. The third-order valence-electron chi connectivity index (χ3n) is 3.21. The topological polar surface area (TPSA) is 21.3 Å². The summed E-state index contributed by atoms with van der Waals surface area (Å²) in [5, 5.41) is 3.40. The van der Waals surface area contributed by atoms with E-state index in [2.05, 4.69) is 29.6 Å². The van der Waals surface area contributed by atoms with Crippen LogP contribution in [-0.4, -0.2) is 13.7 Å². The molecule has 1 atom stereocenters. The van der Waals surface area contributed by atoms with Crippen LogP contribution in [0, 0.1) is 5.92 Å². The lowest BCUT2D eigenvalue weighted by atomic mass is 10.0. The summed E-state index contributed by atoms with van der Waals surface area (Å²) in [4.78, 5) is 0. The highest BCUT2D eigenvalue weighted by Gasteiger charge is 2.25. The van der Waals surface area contributed by atoms with Gasteiger partial charge in [0, 0.05) is 6.04 Å². The van der Waals surface area contributed by atoms with Crippen LogP contribution in [0.3, 0.4) is 0 Å². The van der Waals surface area contributed by atoms with Crippen LogP contribution in [0.2, 0.25) is 0 Å². The van der Waals surface area contributed by atoms with Gasteiger partial charge in [-0.2, -0.15) is 0 Å². The van der Waals surface area contributed by atoms with E-state index < -0.39 is 0 Å². The van der Waals surface area contributed by atoms with Gasteiger partial charge in [-0.3, -0.25) is 0 Å². The second kappa shape index (κ2) is 5.35. The Morgan fingerprint density at radius 1 is 1.31 bits per heavy atom. The highest BCUT2D eigenvalue weighted by atomic mass is 16.5. The van der Waals surface area contributed by atoms with Crippen LogP contribution in [-0.2, 0) is 0 Å². The van der Waals surface area contributed by atoms with Gasteiger partial charge in [-0.25, -0.2) is 0 Å². The van der Waals surface area contributed by atoms with Crippen molar-refractivity contribution < 1.29 is 4.74 Å². The standard InChI is InChI=1S/C14H21NO/c1-3-16-13-8-6-12(7-9-13)14(15-2)10-11-4-5-11/h6-9,11,14-15H,3-5,10H2,1-2H3. The fourth-order valence-corrected chi connectivity index (χ4v) is 2.07. The minimum absolute atomic E-state index is 0.503. The molecule has 0 aromatic heterocycles. The van der Waals surface area contributed by atoms with Gasteiger partial charge >= 0.3 is 0 Å². The monoisotopic (exact) mass is 219 g/mol. The van der Waals surface area contributed by atoms with Crippen LogP contribution >= 0.6 is 0 Å². The number of nitrogens with one attached hydrogen (secondary N) is 1. The Labute approximate surface area is 98.0 Å². The van der Waals surface area contributed by atoms with Gasteiger partial charge in [-0.05, 0) is 44.0 Å². The second-order valence-electron chi connectivity index (χ2n) is 4.52. The lowest BCUT2D eigenvalue weighted by Gasteiger charge is -2.16. The van der Waals surface area contributed by atoms with Gasteiger partial charge in [0.2, 0.25) is 0 Å². The molecule has 16 heavy (non-hydrogen) atoms. The van der Waals surface area contributed by atoms with Crippen LogP contribution in [0.1, 0.15) is 37.8 Å². The maximum Gasteiger partial charge on any atom is 0.119 e. The first-order chi connectivity index (χ1) is 7.83. The summed E-state index contributed by atoms with van der Waals surface area (Å²) < 4.78 is 5.45. The molecule has 1 N–H and O–H groups in total. The summed E-state index contributed by atoms with van der Waals surface area (Å²) in [5.74, 6) is 1.91.